The van der Waals surface area contributed by atoms with Gasteiger partial charge in [-0.25, -0.2) is 13.2 Å². The maximum Gasteiger partial charge on any atom is 0.159 e. The van der Waals surface area contributed by atoms with Gasteiger partial charge in [0.05, 0.1) is 5.69 Å². The molecule has 1 nitrogen and oxygen atoms in total. The molecule has 0 radical (unpaired) electrons. The molecule has 2 rings (SSSR count). The van der Waals surface area contributed by atoms with Crippen molar-refractivity contribution in [2.75, 3.05) is 5.32 Å². The summed E-state index contributed by atoms with van der Waals surface area (Å²) in [6.07, 6.45) is 0. The third-order valence-electron chi connectivity index (χ3n) is 2.94. The number of benzene rings is 2. The summed E-state index contributed by atoms with van der Waals surface area (Å²) < 4.78 is 39.6. The highest BCUT2D eigenvalue weighted by Gasteiger charge is 2.11. The van der Waals surface area contributed by atoms with Crippen molar-refractivity contribution in [2.45, 2.75) is 19.9 Å². The average Bonchev–Trinajstić information content (AvgIpc) is 2.36. The van der Waals surface area contributed by atoms with Crippen LogP contribution >= 0.6 is 0 Å². The molecule has 0 fully saturated rings. The predicted octanol–water partition coefficient (Wildman–Crippen LogP) is 4.59. The molecule has 0 aliphatic carbocycles. The van der Waals surface area contributed by atoms with E-state index in [9.17, 15) is 13.2 Å². The van der Waals surface area contributed by atoms with E-state index in [1.54, 1.807) is 26.0 Å². The lowest BCUT2D eigenvalue weighted by Crippen LogP contribution is -2.08. The summed E-state index contributed by atoms with van der Waals surface area (Å²) in [5.74, 6) is -2.16. The summed E-state index contributed by atoms with van der Waals surface area (Å²) in [5.41, 5.74) is 1.71. The zero-order chi connectivity index (χ0) is 14.0. The maximum atomic E-state index is 13.7. The number of hydrogen-bond donors (Lipinski definition) is 1. The first-order chi connectivity index (χ1) is 8.97. The first-order valence-corrected chi connectivity index (χ1v) is 5.95. The van der Waals surface area contributed by atoms with Gasteiger partial charge in [0.25, 0.3) is 0 Å². The van der Waals surface area contributed by atoms with Crippen LogP contribution in [0.3, 0.4) is 0 Å². The van der Waals surface area contributed by atoms with Crippen molar-refractivity contribution in [1.29, 1.82) is 0 Å². The van der Waals surface area contributed by atoms with Crippen molar-refractivity contribution < 1.29 is 13.2 Å². The largest absolute Gasteiger partial charge is 0.376 e. The quantitative estimate of drug-likeness (QED) is 0.856. The predicted molar refractivity (Wildman–Crippen MR) is 69.5 cm³/mol. The molecular weight excluding hydrogens is 251 g/mol. The van der Waals surface area contributed by atoms with E-state index in [0.29, 0.717) is 11.3 Å². The average molecular weight is 265 g/mol. The molecule has 0 spiro atoms. The van der Waals surface area contributed by atoms with Crippen LogP contribution in [0, 0.1) is 24.4 Å². The standard InChI is InChI=1S/C15H14F3N/c1-9-3-6-15(14(18)7-9)19-10(2)11-4-5-12(16)13(17)8-11/h3-8,10,19H,1-2H3. The third-order valence-corrected chi connectivity index (χ3v) is 2.94. The van der Waals surface area contributed by atoms with Crippen molar-refractivity contribution in [3.05, 3.63) is 65.0 Å². The monoisotopic (exact) mass is 265 g/mol. The van der Waals surface area contributed by atoms with Crippen LogP contribution in [-0.2, 0) is 0 Å². The summed E-state index contributed by atoms with van der Waals surface area (Å²) in [6.45, 7) is 3.55. The van der Waals surface area contributed by atoms with Gasteiger partial charge in [0.15, 0.2) is 11.6 Å². The topological polar surface area (TPSA) is 12.0 Å². The molecule has 2 aromatic carbocycles. The lowest BCUT2D eigenvalue weighted by molar-refractivity contribution is 0.506. The zero-order valence-corrected chi connectivity index (χ0v) is 10.7. The van der Waals surface area contributed by atoms with E-state index in [4.69, 9.17) is 0 Å². The Balaban J connectivity index is 2.20. The van der Waals surface area contributed by atoms with Gasteiger partial charge in [-0.1, -0.05) is 12.1 Å². The molecule has 1 unspecified atom stereocenters. The van der Waals surface area contributed by atoms with Gasteiger partial charge in [-0.2, -0.15) is 0 Å². The molecule has 0 bridgehead atoms. The molecule has 1 N–H and O–H groups in total. The fraction of sp³-hybridized carbons (Fsp3) is 0.200. The Labute approximate surface area is 110 Å². The van der Waals surface area contributed by atoms with Crippen molar-refractivity contribution >= 4 is 5.69 Å². The van der Waals surface area contributed by atoms with Gasteiger partial charge in [-0.3, -0.25) is 0 Å². The van der Waals surface area contributed by atoms with E-state index in [-0.39, 0.29) is 11.9 Å². The minimum atomic E-state index is -0.907. The molecule has 19 heavy (non-hydrogen) atoms. The van der Waals surface area contributed by atoms with Crippen LogP contribution in [0.4, 0.5) is 18.9 Å². The highest BCUT2D eigenvalue weighted by molar-refractivity contribution is 5.48. The molecule has 1 atom stereocenters. The highest BCUT2D eigenvalue weighted by atomic mass is 19.2. The number of halogens is 3. The van der Waals surface area contributed by atoms with Gasteiger partial charge in [0.2, 0.25) is 0 Å². The Morgan fingerprint density at radius 2 is 1.63 bits per heavy atom. The molecular formula is C15H14F3N. The highest BCUT2D eigenvalue weighted by Crippen LogP contribution is 2.23. The van der Waals surface area contributed by atoms with E-state index >= 15 is 0 Å². The van der Waals surface area contributed by atoms with Gasteiger partial charge in [0, 0.05) is 6.04 Å². The number of hydrogen-bond acceptors (Lipinski definition) is 1. The second-order valence-corrected chi connectivity index (χ2v) is 4.52. The number of nitrogens with one attached hydrogen (secondary N) is 1. The first kappa shape index (κ1) is 13.5. The van der Waals surface area contributed by atoms with Crippen LogP contribution in [0.2, 0.25) is 0 Å². The normalized spacial score (nSPS) is 12.3. The van der Waals surface area contributed by atoms with Crippen LogP contribution in [0.25, 0.3) is 0 Å². The Hall–Kier alpha value is -1.97. The van der Waals surface area contributed by atoms with Gasteiger partial charge < -0.3 is 5.32 Å². The molecule has 0 aliphatic heterocycles. The zero-order valence-electron chi connectivity index (χ0n) is 10.7. The van der Waals surface area contributed by atoms with Gasteiger partial charge in [-0.05, 0) is 49.2 Å². The molecule has 0 amide bonds. The Morgan fingerprint density at radius 3 is 2.26 bits per heavy atom. The summed E-state index contributed by atoms with van der Waals surface area (Å²) in [4.78, 5) is 0. The molecule has 0 aromatic heterocycles. The lowest BCUT2D eigenvalue weighted by atomic mass is 10.1. The minimum Gasteiger partial charge on any atom is -0.376 e. The van der Waals surface area contributed by atoms with E-state index < -0.39 is 11.6 Å². The van der Waals surface area contributed by atoms with Crippen LogP contribution in [0.5, 0.6) is 0 Å². The molecule has 2 aromatic rings. The molecule has 0 heterocycles. The van der Waals surface area contributed by atoms with Crippen molar-refractivity contribution in [2.24, 2.45) is 0 Å². The van der Waals surface area contributed by atoms with Crippen LogP contribution in [0.1, 0.15) is 24.1 Å². The van der Waals surface area contributed by atoms with Crippen LogP contribution in [0.15, 0.2) is 36.4 Å². The number of rotatable bonds is 3. The van der Waals surface area contributed by atoms with Crippen molar-refractivity contribution in [1.82, 2.24) is 0 Å². The van der Waals surface area contributed by atoms with E-state index in [1.165, 1.54) is 12.1 Å². The lowest BCUT2D eigenvalue weighted by Gasteiger charge is -2.16. The summed E-state index contributed by atoms with van der Waals surface area (Å²) >= 11 is 0. The van der Waals surface area contributed by atoms with Gasteiger partial charge in [0.1, 0.15) is 5.82 Å². The fourth-order valence-corrected chi connectivity index (χ4v) is 1.84. The van der Waals surface area contributed by atoms with E-state index in [2.05, 4.69) is 5.32 Å². The Bertz CT molecular complexity index is 596. The molecule has 100 valence electrons. The van der Waals surface area contributed by atoms with Crippen molar-refractivity contribution in [3.63, 3.8) is 0 Å². The Morgan fingerprint density at radius 1 is 0.895 bits per heavy atom. The second kappa shape index (κ2) is 5.34. The van der Waals surface area contributed by atoms with E-state index in [0.717, 1.165) is 17.7 Å². The van der Waals surface area contributed by atoms with Gasteiger partial charge >= 0.3 is 0 Å². The number of anilines is 1. The van der Waals surface area contributed by atoms with Gasteiger partial charge in [-0.15, -0.1) is 0 Å². The fourth-order valence-electron chi connectivity index (χ4n) is 1.84. The summed E-state index contributed by atoms with van der Waals surface area (Å²) in [7, 11) is 0. The van der Waals surface area contributed by atoms with Crippen molar-refractivity contribution in [3.8, 4) is 0 Å². The first-order valence-electron chi connectivity index (χ1n) is 5.95. The Kier molecular flexibility index (Phi) is 3.79. The maximum absolute atomic E-state index is 13.7. The molecule has 0 aliphatic rings. The number of aryl methyl sites for hydroxylation is 1. The van der Waals surface area contributed by atoms with Crippen LogP contribution < -0.4 is 5.32 Å². The van der Waals surface area contributed by atoms with E-state index in [1.807, 2.05) is 0 Å². The minimum absolute atomic E-state index is 0.327. The second-order valence-electron chi connectivity index (χ2n) is 4.52. The smallest absolute Gasteiger partial charge is 0.159 e. The molecule has 4 heteroatoms. The summed E-state index contributed by atoms with van der Waals surface area (Å²) in [6, 6.07) is 8.15. The summed E-state index contributed by atoms with van der Waals surface area (Å²) in [5, 5.41) is 2.94. The molecule has 0 saturated carbocycles. The molecule has 0 saturated heterocycles. The SMILES string of the molecule is Cc1ccc(NC(C)c2ccc(F)c(F)c2)c(F)c1. The third kappa shape index (κ3) is 3.08. The van der Waals surface area contributed by atoms with Crippen LogP contribution in [-0.4, -0.2) is 0 Å².